The Morgan fingerprint density at radius 1 is 1.46 bits per heavy atom. The van der Waals surface area contributed by atoms with Gasteiger partial charge in [0.15, 0.2) is 0 Å². The SMILES string of the molecule is CCCC(N)C(CC)SC1COC1. The van der Waals surface area contributed by atoms with Crippen molar-refractivity contribution in [2.24, 2.45) is 5.73 Å². The molecule has 0 aliphatic carbocycles. The molecule has 1 rings (SSSR count). The van der Waals surface area contributed by atoms with E-state index in [1.165, 1.54) is 12.8 Å². The minimum Gasteiger partial charge on any atom is -0.379 e. The Morgan fingerprint density at radius 2 is 2.15 bits per heavy atom. The molecular weight excluding hydrogens is 182 g/mol. The molecule has 2 atom stereocenters. The molecule has 0 saturated carbocycles. The van der Waals surface area contributed by atoms with E-state index in [2.05, 4.69) is 13.8 Å². The Kier molecular flexibility index (Phi) is 5.14. The molecule has 78 valence electrons. The monoisotopic (exact) mass is 203 g/mol. The van der Waals surface area contributed by atoms with Crippen LogP contribution >= 0.6 is 11.8 Å². The Labute approximate surface area is 85.6 Å². The fraction of sp³-hybridized carbons (Fsp3) is 1.00. The zero-order chi connectivity index (χ0) is 9.68. The predicted octanol–water partition coefficient (Wildman–Crippen LogP) is 2.02. The van der Waals surface area contributed by atoms with Gasteiger partial charge in [-0.05, 0) is 12.8 Å². The van der Waals surface area contributed by atoms with E-state index in [1.54, 1.807) is 0 Å². The van der Waals surface area contributed by atoms with Crippen molar-refractivity contribution in [3.8, 4) is 0 Å². The van der Waals surface area contributed by atoms with Gasteiger partial charge >= 0.3 is 0 Å². The molecule has 2 unspecified atom stereocenters. The highest BCUT2D eigenvalue weighted by Gasteiger charge is 2.25. The van der Waals surface area contributed by atoms with Crippen LogP contribution in [0.4, 0.5) is 0 Å². The van der Waals surface area contributed by atoms with Crippen LogP contribution < -0.4 is 5.73 Å². The molecule has 0 amide bonds. The summed E-state index contributed by atoms with van der Waals surface area (Å²) >= 11 is 2.03. The highest BCUT2D eigenvalue weighted by atomic mass is 32.2. The van der Waals surface area contributed by atoms with E-state index in [-0.39, 0.29) is 0 Å². The van der Waals surface area contributed by atoms with Gasteiger partial charge in [-0.25, -0.2) is 0 Å². The van der Waals surface area contributed by atoms with Gasteiger partial charge in [0.2, 0.25) is 0 Å². The van der Waals surface area contributed by atoms with Gasteiger partial charge in [-0.15, -0.1) is 11.8 Å². The van der Waals surface area contributed by atoms with Crippen molar-refractivity contribution in [2.45, 2.75) is 49.7 Å². The van der Waals surface area contributed by atoms with Gasteiger partial charge in [-0.3, -0.25) is 0 Å². The van der Waals surface area contributed by atoms with Crippen LogP contribution in [0.3, 0.4) is 0 Å². The normalized spacial score (nSPS) is 22.4. The Morgan fingerprint density at radius 3 is 2.54 bits per heavy atom. The third-order valence-corrected chi connectivity index (χ3v) is 4.17. The topological polar surface area (TPSA) is 35.2 Å². The van der Waals surface area contributed by atoms with E-state index < -0.39 is 0 Å². The van der Waals surface area contributed by atoms with Gasteiger partial charge in [0, 0.05) is 11.3 Å². The lowest BCUT2D eigenvalue weighted by atomic mass is 10.1. The fourth-order valence-electron chi connectivity index (χ4n) is 1.56. The molecule has 13 heavy (non-hydrogen) atoms. The van der Waals surface area contributed by atoms with Gasteiger partial charge in [-0.1, -0.05) is 20.3 Å². The molecule has 3 heteroatoms. The second kappa shape index (κ2) is 5.89. The first-order valence-electron chi connectivity index (χ1n) is 5.26. The van der Waals surface area contributed by atoms with Gasteiger partial charge in [0.25, 0.3) is 0 Å². The summed E-state index contributed by atoms with van der Waals surface area (Å²) in [5, 5.41) is 1.35. The van der Waals surface area contributed by atoms with E-state index in [4.69, 9.17) is 10.5 Å². The molecule has 1 aliphatic heterocycles. The number of nitrogens with two attached hydrogens (primary N) is 1. The summed E-state index contributed by atoms with van der Waals surface area (Å²) in [6.45, 7) is 6.29. The number of rotatable bonds is 6. The number of hydrogen-bond acceptors (Lipinski definition) is 3. The Hall–Kier alpha value is 0.270. The van der Waals surface area contributed by atoms with E-state index in [1.807, 2.05) is 11.8 Å². The van der Waals surface area contributed by atoms with Crippen molar-refractivity contribution in [3.05, 3.63) is 0 Å². The number of thioether (sulfide) groups is 1. The average Bonchev–Trinajstić information content (AvgIpc) is 2.03. The van der Waals surface area contributed by atoms with E-state index in [0.717, 1.165) is 19.6 Å². The molecule has 1 heterocycles. The van der Waals surface area contributed by atoms with Crippen LogP contribution in [0.15, 0.2) is 0 Å². The molecule has 0 aromatic carbocycles. The van der Waals surface area contributed by atoms with Crippen molar-refractivity contribution in [1.82, 2.24) is 0 Å². The molecule has 2 nitrogen and oxygen atoms in total. The lowest BCUT2D eigenvalue weighted by Crippen LogP contribution is -2.38. The summed E-state index contributed by atoms with van der Waals surface area (Å²) in [6.07, 6.45) is 3.53. The fourth-order valence-corrected chi connectivity index (χ4v) is 2.93. The van der Waals surface area contributed by atoms with Crippen molar-refractivity contribution in [2.75, 3.05) is 13.2 Å². The first-order valence-corrected chi connectivity index (χ1v) is 6.21. The molecule has 0 bridgehead atoms. The van der Waals surface area contributed by atoms with Crippen molar-refractivity contribution in [3.63, 3.8) is 0 Å². The average molecular weight is 203 g/mol. The molecule has 0 radical (unpaired) electrons. The third kappa shape index (κ3) is 3.49. The standard InChI is InChI=1S/C10H21NOS/c1-3-5-9(11)10(4-2)13-8-6-12-7-8/h8-10H,3-7,11H2,1-2H3. The maximum atomic E-state index is 6.10. The van der Waals surface area contributed by atoms with Crippen molar-refractivity contribution < 1.29 is 4.74 Å². The summed E-state index contributed by atoms with van der Waals surface area (Å²) in [6, 6.07) is 0.376. The highest BCUT2D eigenvalue weighted by molar-refractivity contribution is 8.00. The summed E-state index contributed by atoms with van der Waals surface area (Å²) in [4.78, 5) is 0. The zero-order valence-corrected chi connectivity index (χ0v) is 9.48. The number of ether oxygens (including phenoxy) is 1. The van der Waals surface area contributed by atoms with Crippen molar-refractivity contribution >= 4 is 11.8 Å². The summed E-state index contributed by atoms with van der Waals surface area (Å²) in [7, 11) is 0. The van der Waals surface area contributed by atoms with Crippen LogP contribution in [-0.2, 0) is 4.74 Å². The highest BCUT2D eigenvalue weighted by Crippen LogP contribution is 2.28. The quantitative estimate of drug-likeness (QED) is 0.717. The van der Waals surface area contributed by atoms with E-state index in [0.29, 0.717) is 16.5 Å². The summed E-state index contributed by atoms with van der Waals surface area (Å²) < 4.78 is 5.16. The molecule has 1 aliphatic rings. The second-order valence-corrected chi connectivity index (χ2v) is 5.24. The first-order chi connectivity index (χ1) is 6.27. The van der Waals surface area contributed by atoms with Crippen LogP contribution in [0, 0.1) is 0 Å². The molecular formula is C10H21NOS. The maximum absolute atomic E-state index is 6.10. The first kappa shape index (κ1) is 11.3. The van der Waals surface area contributed by atoms with Crippen molar-refractivity contribution in [1.29, 1.82) is 0 Å². The zero-order valence-electron chi connectivity index (χ0n) is 8.66. The second-order valence-electron chi connectivity index (χ2n) is 3.69. The molecule has 0 aromatic rings. The van der Waals surface area contributed by atoms with Crippen LogP contribution in [0.5, 0.6) is 0 Å². The third-order valence-electron chi connectivity index (χ3n) is 2.48. The molecule has 0 spiro atoms. The van der Waals surface area contributed by atoms with Crippen LogP contribution in [0.2, 0.25) is 0 Å². The van der Waals surface area contributed by atoms with E-state index >= 15 is 0 Å². The molecule has 1 fully saturated rings. The largest absolute Gasteiger partial charge is 0.379 e. The van der Waals surface area contributed by atoms with Gasteiger partial charge in [-0.2, -0.15) is 0 Å². The molecule has 2 N–H and O–H groups in total. The lowest BCUT2D eigenvalue weighted by Gasteiger charge is -2.31. The van der Waals surface area contributed by atoms with Gasteiger partial charge in [0.05, 0.1) is 18.5 Å². The minimum atomic E-state index is 0.376. The molecule has 0 aromatic heterocycles. The maximum Gasteiger partial charge on any atom is 0.0608 e. The van der Waals surface area contributed by atoms with Gasteiger partial charge < -0.3 is 10.5 Å². The lowest BCUT2D eigenvalue weighted by molar-refractivity contribution is 0.0452. The van der Waals surface area contributed by atoms with Crippen LogP contribution in [0.25, 0.3) is 0 Å². The number of hydrogen-bond donors (Lipinski definition) is 1. The van der Waals surface area contributed by atoms with Crippen LogP contribution in [-0.4, -0.2) is 29.8 Å². The summed E-state index contributed by atoms with van der Waals surface area (Å²) in [5.41, 5.74) is 6.10. The Balaban J connectivity index is 2.23. The molecule has 1 saturated heterocycles. The minimum absolute atomic E-state index is 0.376. The summed E-state index contributed by atoms with van der Waals surface area (Å²) in [5.74, 6) is 0. The van der Waals surface area contributed by atoms with Crippen LogP contribution in [0.1, 0.15) is 33.1 Å². The van der Waals surface area contributed by atoms with Gasteiger partial charge in [0.1, 0.15) is 0 Å². The Bertz CT molecular complexity index is 139. The predicted molar refractivity (Wildman–Crippen MR) is 59.2 cm³/mol. The smallest absolute Gasteiger partial charge is 0.0608 e. The van der Waals surface area contributed by atoms with E-state index in [9.17, 15) is 0 Å².